The van der Waals surface area contributed by atoms with Crippen molar-refractivity contribution in [3.8, 4) is 5.75 Å². The Morgan fingerprint density at radius 1 is 1.32 bits per heavy atom. The van der Waals surface area contributed by atoms with Gasteiger partial charge in [0.2, 0.25) is 26.0 Å². The van der Waals surface area contributed by atoms with E-state index in [1.54, 1.807) is 6.92 Å². The van der Waals surface area contributed by atoms with Gasteiger partial charge in [0.05, 0.1) is 24.7 Å². The minimum absolute atomic E-state index is 0.0296. The smallest absolute Gasteiger partial charge is 0.244 e. The number of methoxy groups -OCH3 is 1. The number of sulfonamides is 2. The number of ether oxygens (including phenoxy) is 2. The van der Waals surface area contributed by atoms with Crippen LogP contribution in [0.1, 0.15) is 13.3 Å². The molecule has 0 unspecified atom stereocenters. The Labute approximate surface area is 147 Å². The molecule has 0 aromatic heterocycles. The van der Waals surface area contributed by atoms with Gasteiger partial charge in [-0.05, 0) is 25.1 Å². The topological polar surface area (TPSA) is 119 Å². The third-order valence-electron chi connectivity index (χ3n) is 3.43. The summed E-state index contributed by atoms with van der Waals surface area (Å²) in [4.78, 5) is 11.7. The lowest BCUT2D eigenvalue weighted by Gasteiger charge is -2.18. The van der Waals surface area contributed by atoms with E-state index in [4.69, 9.17) is 9.47 Å². The summed E-state index contributed by atoms with van der Waals surface area (Å²) in [6.07, 6.45) is -0.135. The SMILES string of the molecule is CCOc1ccc(N2C(=O)CCS2(=O)=O)cc1S(=O)(=O)NCCOC. The van der Waals surface area contributed by atoms with Crippen molar-refractivity contribution in [1.82, 2.24) is 4.72 Å². The van der Waals surface area contributed by atoms with E-state index in [2.05, 4.69) is 4.72 Å². The number of rotatable bonds is 8. The van der Waals surface area contributed by atoms with Crippen LogP contribution in [-0.4, -0.2) is 55.4 Å². The van der Waals surface area contributed by atoms with Gasteiger partial charge in [0.25, 0.3) is 0 Å². The lowest BCUT2D eigenvalue weighted by Crippen LogP contribution is -2.30. The molecule has 1 aromatic carbocycles. The first-order valence-corrected chi connectivity index (χ1v) is 10.6. The van der Waals surface area contributed by atoms with Gasteiger partial charge in [0.15, 0.2) is 0 Å². The molecule has 0 saturated carbocycles. The standard InChI is InChI=1S/C14H20N2O7S2/c1-3-23-12-5-4-11(16-14(17)6-9-24(16,18)19)10-13(12)25(20,21)15-7-8-22-2/h4-5,10,15H,3,6-9H2,1-2H3. The van der Waals surface area contributed by atoms with E-state index in [9.17, 15) is 21.6 Å². The lowest BCUT2D eigenvalue weighted by atomic mass is 10.3. The van der Waals surface area contributed by atoms with Crippen molar-refractivity contribution >= 4 is 31.6 Å². The molecule has 0 bridgehead atoms. The van der Waals surface area contributed by atoms with Gasteiger partial charge in [-0.1, -0.05) is 0 Å². The highest BCUT2D eigenvalue weighted by Crippen LogP contribution is 2.32. The highest BCUT2D eigenvalue weighted by molar-refractivity contribution is 7.94. The van der Waals surface area contributed by atoms with Gasteiger partial charge in [-0.2, -0.15) is 0 Å². The zero-order valence-corrected chi connectivity index (χ0v) is 15.5. The fourth-order valence-corrected chi connectivity index (χ4v) is 4.96. The Morgan fingerprint density at radius 3 is 2.60 bits per heavy atom. The summed E-state index contributed by atoms with van der Waals surface area (Å²) in [6, 6.07) is 3.81. The number of hydrogen-bond acceptors (Lipinski definition) is 7. The van der Waals surface area contributed by atoms with Crippen LogP contribution in [-0.2, 0) is 29.6 Å². The van der Waals surface area contributed by atoms with Crippen molar-refractivity contribution in [2.75, 3.05) is 36.9 Å². The minimum atomic E-state index is -3.98. The van der Waals surface area contributed by atoms with Crippen molar-refractivity contribution in [2.24, 2.45) is 0 Å². The molecule has 25 heavy (non-hydrogen) atoms. The van der Waals surface area contributed by atoms with Crippen LogP contribution < -0.4 is 13.8 Å². The predicted molar refractivity (Wildman–Crippen MR) is 90.6 cm³/mol. The quantitative estimate of drug-likeness (QED) is 0.622. The highest BCUT2D eigenvalue weighted by Gasteiger charge is 2.37. The summed E-state index contributed by atoms with van der Waals surface area (Å²) in [5.41, 5.74) is -0.0296. The van der Waals surface area contributed by atoms with Gasteiger partial charge < -0.3 is 9.47 Å². The highest BCUT2D eigenvalue weighted by atomic mass is 32.2. The van der Waals surface area contributed by atoms with E-state index in [0.717, 1.165) is 6.07 Å². The molecule has 1 saturated heterocycles. The van der Waals surface area contributed by atoms with Crippen LogP contribution >= 0.6 is 0 Å². The molecule has 1 aliphatic rings. The summed E-state index contributed by atoms with van der Waals surface area (Å²) >= 11 is 0. The van der Waals surface area contributed by atoms with Crippen LogP contribution in [0, 0.1) is 0 Å². The molecule has 1 aromatic rings. The molecular formula is C14H20N2O7S2. The second-order valence-corrected chi connectivity index (χ2v) is 8.85. The van der Waals surface area contributed by atoms with E-state index < -0.39 is 26.0 Å². The third-order valence-corrected chi connectivity index (χ3v) is 6.60. The number of amides is 1. The Balaban J connectivity index is 2.48. The summed E-state index contributed by atoms with van der Waals surface area (Å²) in [5, 5.41) is 0. The largest absolute Gasteiger partial charge is 0.492 e. The summed E-state index contributed by atoms with van der Waals surface area (Å²) in [5.74, 6) is -0.826. The van der Waals surface area contributed by atoms with Crippen LogP contribution in [0.4, 0.5) is 5.69 Å². The minimum Gasteiger partial charge on any atom is -0.492 e. The Kier molecular flexibility index (Phi) is 6.03. The normalized spacial score (nSPS) is 17.0. The summed E-state index contributed by atoms with van der Waals surface area (Å²) < 4.78 is 62.2. The van der Waals surface area contributed by atoms with Crippen LogP contribution in [0.2, 0.25) is 0 Å². The number of nitrogens with zero attached hydrogens (tertiary/aromatic N) is 1. The van der Waals surface area contributed by atoms with Crippen molar-refractivity contribution in [3.05, 3.63) is 18.2 Å². The summed E-state index contributed by atoms with van der Waals surface area (Å²) in [6.45, 7) is 2.12. The predicted octanol–water partition coefficient (Wildman–Crippen LogP) is 0.0765. The molecule has 2 rings (SSSR count). The molecular weight excluding hydrogens is 372 g/mol. The van der Waals surface area contributed by atoms with E-state index in [1.165, 1.54) is 19.2 Å². The molecule has 1 fully saturated rings. The average Bonchev–Trinajstić information content (AvgIpc) is 2.81. The molecule has 1 heterocycles. The molecule has 140 valence electrons. The number of benzene rings is 1. The number of carbonyl (C=O) groups is 1. The molecule has 1 aliphatic heterocycles. The fourth-order valence-electron chi connectivity index (χ4n) is 2.33. The van der Waals surface area contributed by atoms with Gasteiger partial charge >= 0.3 is 0 Å². The maximum absolute atomic E-state index is 12.5. The molecule has 0 radical (unpaired) electrons. The van der Waals surface area contributed by atoms with Crippen LogP contribution in [0.5, 0.6) is 5.75 Å². The molecule has 1 N–H and O–H groups in total. The van der Waals surface area contributed by atoms with Crippen LogP contribution in [0.25, 0.3) is 0 Å². The van der Waals surface area contributed by atoms with Crippen molar-refractivity contribution in [3.63, 3.8) is 0 Å². The van der Waals surface area contributed by atoms with Gasteiger partial charge in [-0.25, -0.2) is 25.9 Å². The Morgan fingerprint density at radius 2 is 2.04 bits per heavy atom. The average molecular weight is 392 g/mol. The van der Waals surface area contributed by atoms with Crippen molar-refractivity contribution < 1.29 is 31.1 Å². The number of carbonyl (C=O) groups excluding carboxylic acids is 1. The lowest BCUT2D eigenvalue weighted by molar-refractivity contribution is -0.116. The van der Waals surface area contributed by atoms with Crippen LogP contribution in [0.3, 0.4) is 0 Å². The molecule has 0 aliphatic carbocycles. The molecule has 9 nitrogen and oxygen atoms in total. The van der Waals surface area contributed by atoms with Crippen LogP contribution in [0.15, 0.2) is 23.1 Å². The maximum Gasteiger partial charge on any atom is 0.244 e. The van der Waals surface area contributed by atoms with E-state index in [-0.39, 0.29) is 48.3 Å². The third kappa shape index (κ3) is 4.29. The van der Waals surface area contributed by atoms with Gasteiger partial charge in [-0.3, -0.25) is 4.79 Å². The first-order chi connectivity index (χ1) is 11.7. The first-order valence-electron chi connectivity index (χ1n) is 7.54. The first kappa shape index (κ1) is 19.6. The van der Waals surface area contributed by atoms with E-state index >= 15 is 0 Å². The maximum atomic E-state index is 12.5. The molecule has 0 atom stereocenters. The van der Waals surface area contributed by atoms with Crippen molar-refractivity contribution in [2.45, 2.75) is 18.2 Å². The zero-order valence-electron chi connectivity index (χ0n) is 13.9. The Bertz CT molecular complexity index is 850. The Hall–Kier alpha value is -1.69. The van der Waals surface area contributed by atoms with Gasteiger partial charge in [0, 0.05) is 20.1 Å². The van der Waals surface area contributed by atoms with Gasteiger partial charge in [0.1, 0.15) is 10.6 Å². The molecule has 11 heteroatoms. The number of nitrogens with one attached hydrogen (secondary N) is 1. The van der Waals surface area contributed by atoms with Gasteiger partial charge in [-0.15, -0.1) is 0 Å². The monoisotopic (exact) mass is 392 g/mol. The summed E-state index contributed by atoms with van der Waals surface area (Å²) in [7, 11) is -6.33. The zero-order chi connectivity index (χ0) is 18.7. The van der Waals surface area contributed by atoms with E-state index in [0.29, 0.717) is 4.31 Å². The van der Waals surface area contributed by atoms with E-state index in [1.807, 2.05) is 0 Å². The second kappa shape index (κ2) is 7.68. The number of hydrogen-bond donors (Lipinski definition) is 1. The molecule has 0 spiro atoms. The molecule has 1 amide bonds. The fraction of sp³-hybridized carbons (Fsp3) is 0.500. The van der Waals surface area contributed by atoms with Crippen molar-refractivity contribution in [1.29, 1.82) is 0 Å². The second-order valence-electron chi connectivity index (χ2n) is 5.18. The number of anilines is 1.